The number of rotatable bonds is 10. The van der Waals surface area contributed by atoms with Crippen molar-refractivity contribution in [1.82, 2.24) is 10.2 Å². The summed E-state index contributed by atoms with van der Waals surface area (Å²) >= 11 is 0. The Kier molecular flexibility index (Phi) is 7.70. The molecule has 1 aliphatic heterocycles. The molecular formula is C22H26N4O5S. The molecule has 0 fully saturated rings. The molecule has 1 atom stereocenters. The van der Waals surface area contributed by atoms with E-state index in [0.717, 1.165) is 5.56 Å². The summed E-state index contributed by atoms with van der Waals surface area (Å²) in [4.78, 5) is 41.8. The lowest BCUT2D eigenvalue weighted by Gasteiger charge is -2.28. The number of sulfonamides is 1. The highest BCUT2D eigenvalue weighted by atomic mass is 32.2. The largest absolute Gasteiger partial charge is 0.356 e. The number of urea groups is 1. The van der Waals surface area contributed by atoms with E-state index in [9.17, 15) is 22.8 Å². The van der Waals surface area contributed by atoms with Crippen LogP contribution in [-0.2, 0) is 26.0 Å². The fraction of sp³-hybridized carbons (Fsp3) is 0.364. The van der Waals surface area contributed by atoms with Gasteiger partial charge in [-0.05, 0) is 43.0 Å². The van der Waals surface area contributed by atoms with E-state index in [2.05, 4.69) is 10.3 Å². The molecule has 3 N–H and O–H groups in total. The Balaban J connectivity index is 1.31. The maximum Gasteiger partial charge on any atom is 0.350 e. The van der Waals surface area contributed by atoms with Crippen molar-refractivity contribution < 1.29 is 22.8 Å². The number of allylic oxidation sites excluding steroid dienone is 3. The number of carbonyl (C=O) groups is 3. The number of hydrogen-bond donors (Lipinski definition) is 2. The molecule has 1 aromatic carbocycles. The zero-order valence-electron chi connectivity index (χ0n) is 17.6. The van der Waals surface area contributed by atoms with Crippen molar-refractivity contribution in [3.8, 4) is 0 Å². The van der Waals surface area contributed by atoms with Crippen LogP contribution < -0.4 is 10.5 Å². The lowest BCUT2D eigenvalue weighted by atomic mass is 9.95. The summed E-state index contributed by atoms with van der Waals surface area (Å²) in [5.74, 6) is -0.820. The van der Waals surface area contributed by atoms with Crippen molar-refractivity contribution in [1.29, 1.82) is 0 Å². The van der Waals surface area contributed by atoms with E-state index in [0.29, 0.717) is 50.9 Å². The SMILES string of the molecule is NS(=O)(=O)c1ccc(CCNC(=O)CCCCCN2C(=O)N=C3C=CC=CC3C2=O)cc1. The van der Waals surface area contributed by atoms with Crippen molar-refractivity contribution >= 4 is 33.6 Å². The molecule has 3 rings (SSSR count). The molecule has 9 nitrogen and oxygen atoms in total. The van der Waals surface area contributed by atoms with Gasteiger partial charge in [0.05, 0.1) is 16.5 Å². The zero-order chi connectivity index (χ0) is 23.1. The second-order valence-electron chi connectivity index (χ2n) is 7.63. The van der Waals surface area contributed by atoms with E-state index < -0.39 is 22.0 Å². The Morgan fingerprint density at radius 1 is 1.09 bits per heavy atom. The second-order valence-corrected chi connectivity index (χ2v) is 9.19. The van der Waals surface area contributed by atoms with Crippen molar-refractivity contribution in [2.45, 2.75) is 37.0 Å². The summed E-state index contributed by atoms with van der Waals surface area (Å²) in [6.45, 7) is 0.729. The third kappa shape index (κ3) is 6.21. The van der Waals surface area contributed by atoms with Crippen molar-refractivity contribution in [3.05, 3.63) is 54.1 Å². The maximum atomic E-state index is 12.5. The van der Waals surface area contributed by atoms with Crippen molar-refractivity contribution in [3.63, 3.8) is 0 Å². The second kappa shape index (κ2) is 10.5. The minimum absolute atomic E-state index is 0.0533. The predicted molar refractivity (Wildman–Crippen MR) is 119 cm³/mol. The molecule has 10 heteroatoms. The molecular weight excluding hydrogens is 432 g/mol. The maximum absolute atomic E-state index is 12.5. The lowest BCUT2D eigenvalue weighted by molar-refractivity contribution is -0.129. The van der Waals surface area contributed by atoms with Crippen LogP contribution in [0.25, 0.3) is 0 Å². The van der Waals surface area contributed by atoms with E-state index in [4.69, 9.17) is 5.14 Å². The van der Waals surface area contributed by atoms with Gasteiger partial charge in [0.2, 0.25) is 21.8 Å². The van der Waals surface area contributed by atoms with Gasteiger partial charge >= 0.3 is 6.03 Å². The Morgan fingerprint density at radius 2 is 1.84 bits per heavy atom. The first kappa shape index (κ1) is 23.6. The highest BCUT2D eigenvalue weighted by molar-refractivity contribution is 7.89. The molecule has 170 valence electrons. The Bertz CT molecular complexity index is 1070. The summed E-state index contributed by atoms with van der Waals surface area (Å²) in [5.41, 5.74) is 1.37. The number of fused-ring (bicyclic) bond motifs is 1. The summed E-state index contributed by atoms with van der Waals surface area (Å²) in [7, 11) is -3.71. The molecule has 0 saturated carbocycles. The number of hydrogen-bond acceptors (Lipinski definition) is 5. The van der Waals surface area contributed by atoms with E-state index in [1.165, 1.54) is 17.0 Å². The van der Waals surface area contributed by atoms with Gasteiger partial charge in [-0.15, -0.1) is 0 Å². The van der Waals surface area contributed by atoms with Crippen LogP contribution in [0.3, 0.4) is 0 Å². The van der Waals surface area contributed by atoms with E-state index in [-0.39, 0.29) is 16.7 Å². The number of unbranched alkanes of at least 4 members (excludes halogenated alkanes) is 2. The number of aliphatic imine (C=N–C) groups is 1. The average molecular weight is 459 g/mol. The van der Waals surface area contributed by atoms with Crippen molar-refractivity contribution in [2.24, 2.45) is 16.0 Å². The van der Waals surface area contributed by atoms with Crippen LogP contribution in [0.4, 0.5) is 4.79 Å². The molecule has 1 unspecified atom stereocenters. The number of benzene rings is 1. The van der Waals surface area contributed by atoms with Crippen molar-refractivity contribution in [2.75, 3.05) is 13.1 Å². The van der Waals surface area contributed by atoms with Gasteiger partial charge in [-0.3, -0.25) is 14.5 Å². The standard InChI is InChI=1S/C22H26N4O5S/c23-32(30,31)17-11-9-16(10-12-17)13-14-24-20(27)8-2-1-5-15-26-21(28)18-6-3-4-7-19(18)25-22(26)29/h3-4,6-7,9-12,18H,1-2,5,8,13-15H2,(H,24,27)(H2,23,30,31). The first-order valence-corrected chi connectivity index (χ1v) is 12.0. The monoisotopic (exact) mass is 458 g/mol. The van der Waals surface area contributed by atoms with Gasteiger partial charge in [0, 0.05) is 19.5 Å². The molecule has 0 radical (unpaired) electrons. The van der Waals surface area contributed by atoms with Gasteiger partial charge < -0.3 is 5.32 Å². The minimum atomic E-state index is -3.71. The smallest absolute Gasteiger partial charge is 0.350 e. The Morgan fingerprint density at radius 3 is 2.56 bits per heavy atom. The van der Waals surface area contributed by atoms with E-state index in [1.54, 1.807) is 36.4 Å². The molecule has 1 aliphatic carbocycles. The Labute approximate surface area is 187 Å². The summed E-state index contributed by atoms with van der Waals surface area (Å²) in [6, 6.07) is 5.69. The Hall–Kier alpha value is -3.11. The lowest BCUT2D eigenvalue weighted by Crippen LogP contribution is -2.46. The normalized spacial score (nSPS) is 17.8. The van der Waals surface area contributed by atoms with Crippen LogP contribution in [0.5, 0.6) is 0 Å². The number of carbonyl (C=O) groups excluding carboxylic acids is 3. The molecule has 0 bridgehead atoms. The molecule has 0 aromatic heterocycles. The first-order chi connectivity index (χ1) is 15.3. The topological polar surface area (TPSA) is 139 Å². The molecule has 1 aromatic rings. The summed E-state index contributed by atoms with van der Waals surface area (Å²) in [5, 5.41) is 7.89. The van der Waals surface area contributed by atoms with Gasteiger partial charge in [-0.1, -0.05) is 36.8 Å². The molecule has 0 spiro atoms. The minimum Gasteiger partial charge on any atom is -0.356 e. The average Bonchev–Trinajstić information content (AvgIpc) is 2.75. The highest BCUT2D eigenvalue weighted by Gasteiger charge is 2.35. The number of amides is 4. The van der Waals surface area contributed by atoms with E-state index in [1.807, 2.05) is 0 Å². The number of imide groups is 1. The number of nitrogens with zero attached hydrogens (tertiary/aromatic N) is 2. The quantitative estimate of drug-likeness (QED) is 0.514. The molecule has 4 amide bonds. The predicted octanol–water partition coefficient (Wildman–Crippen LogP) is 1.70. The molecule has 2 aliphatic rings. The molecule has 32 heavy (non-hydrogen) atoms. The van der Waals surface area contributed by atoms with Gasteiger partial charge in [0.25, 0.3) is 0 Å². The first-order valence-electron chi connectivity index (χ1n) is 10.4. The van der Waals surface area contributed by atoms with Gasteiger partial charge in [0.1, 0.15) is 0 Å². The van der Waals surface area contributed by atoms with Gasteiger partial charge in [-0.2, -0.15) is 4.99 Å². The van der Waals surface area contributed by atoms with Crippen LogP contribution >= 0.6 is 0 Å². The van der Waals surface area contributed by atoms with Crippen LogP contribution in [0.1, 0.15) is 31.2 Å². The van der Waals surface area contributed by atoms with Crippen LogP contribution in [0.15, 0.2) is 58.5 Å². The van der Waals surface area contributed by atoms with Crippen LogP contribution in [-0.4, -0.2) is 50.0 Å². The molecule has 0 saturated heterocycles. The van der Waals surface area contributed by atoms with Gasteiger partial charge in [0.15, 0.2) is 0 Å². The summed E-state index contributed by atoms with van der Waals surface area (Å²) < 4.78 is 22.5. The third-order valence-corrected chi connectivity index (χ3v) is 6.19. The van der Waals surface area contributed by atoms with E-state index >= 15 is 0 Å². The summed E-state index contributed by atoms with van der Waals surface area (Å²) in [6.07, 6.45) is 9.82. The fourth-order valence-corrected chi connectivity index (χ4v) is 4.01. The number of nitrogens with one attached hydrogen (secondary N) is 1. The fourth-order valence-electron chi connectivity index (χ4n) is 3.50. The third-order valence-electron chi connectivity index (χ3n) is 5.26. The number of primary sulfonamides is 1. The zero-order valence-corrected chi connectivity index (χ0v) is 18.4. The molecule has 1 heterocycles. The van der Waals surface area contributed by atoms with Crippen LogP contribution in [0.2, 0.25) is 0 Å². The highest BCUT2D eigenvalue weighted by Crippen LogP contribution is 2.20. The van der Waals surface area contributed by atoms with Gasteiger partial charge in [-0.25, -0.2) is 18.4 Å². The van der Waals surface area contributed by atoms with Crippen LogP contribution in [0, 0.1) is 5.92 Å². The number of nitrogens with two attached hydrogens (primary N) is 1.